The van der Waals surface area contributed by atoms with E-state index in [0.717, 1.165) is 23.4 Å². The third-order valence-corrected chi connectivity index (χ3v) is 4.07. The van der Waals surface area contributed by atoms with Gasteiger partial charge in [0.25, 0.3) is 0 Å². The standard InChI is InChI=1S/C12H18BrNO2/c1-2-8-3-5-14-10(7-8)11(15)12-9(13)4-6-16-12/h4,6,8,10-11,14-15H,2-3,5,7H2,1H3. The van der Waals surface area contributed by atoms with Crippen molar-refractivity contribution in [2.24, 2.45) is 5.92 Å². The average molecular weight is 288 g/mol. The van der Waals surface area contributed by atoms with Crippen LogP contribution < -0.4 is 5.32 Å². The van der Waals surface area contributed by atoms with Gasteiger partial charge in [-0.15, -0.1) is 0 Å². The van der Waals surface area contributed by atoms with Gasteiger partial charge in [0.05, 0.1) is 10.7 Å². The van der Waals surface area contributed by atoms with E-state index in [-0.39, 0.29) is 6.04 Å². The summed E-state index contributed by atoms with van der Waals surface area (Å²) < 4.78 is 6.16. The summed E-state index contributed by atoms with van der Waals surface area (Å²) in [6.07, 6.45) is 4.45. The van der Waals surface area contributed by atoms with E-state index in [0.29, 0.717) is 5.76 Å². The minimum Gasteiger partial charge on any atom is -0.465 e. The summed E-state index contributed by atoms with van der Waals surface area (Å²) in [4.78, 5) is 0. The second-order valence-corrected chi connectivity index (χ2v) is 5.29. The maximum Gasteiger partial charge on any atom is 0.147 e. The monoisotopic (exact) mass is 287 g/mol. The Morgan fingerprint density at radius 1 is 1.69 bits per heavy atom. The molecular formula is C12H18BrNO2. The molecule has 0 radical (unpaired) electrons. The van der Waals surface area contributed by atoms with Crippen LogP contribution in [0.25, 0.3) is 0 Å². The Hall–Kier alpha value is -0.320. The van der Waals surface area contributed by atoms with Crippen LogP contribution in [-0.4, -0.2) is 17.7 Å². The molecule has 2 N–H and O–H groups in total. The van der Waals surface area contributed by atoms with Gasteiger partial charge in [-0.3, -0.25) is 0 Å². The van der Waals surface area contributed by atoms with Crippen molar-refractivity contribution in [2.45, 2.75) is 38.3 Å². The molecule has 1 fully saturated rings. The van der Waals surface area contributed by atoms with Gasteiger partial charge in [0.2, 0.25) is 0 Å². The van der Waals surface area contributed by atoms with Crippen LogP contribution in [0.5, 0.6) is 0 Å². The predicted octanol–water partition coefficient (Wildman–Crippen LogP) is 2.85. The summed E-state index contributed by atoms with van der Waals surface area (Å²) in [5, 5.41) is 13.6. The van der Waals surface area contributed by atoms with Gasteiger partial charge in [-0.25, -0.2) is 0 Å². The molecule has 1 aliphatic heterocycles. The summed E-state index contributed by atoms with van der Waals surface area (Å²) >= 11 is 3.38. The Kier molecular flexibility index (Phi) is 4.05. The van der Waals surface area contributed by atoms with Crippen molar-refractivity contribution in [2.75, 3.05) is 6.54 Å². The molecule has 1 aromatic rings. The van der Waals surface area contributed by atoms with Crippen LogP contribution in [0.15, 0.2) is 21.2 Å². The Bertz CT molecular complexity index is 340. The van der Waals surface area contributed by atoms with Gasteiger partial charge in [0.15, 0.2) is 0 Å². The van der Waals surface area contributed by atoms with Crippen LogP contribution in [0.1, 0.15) is 38.1 Å². The van der Waals surface area contributed by atoms with Gasteiger partial charge in [0, 0.05) is 6.04 Å². The number of aliphatic hydroxyl groups is 1. The second kappa shape index (κ2) is 5.34. The number of aliphatic hydroxyl groups excluding tert-OH is 1. The zero-order valence-corrected chi connectivity index (χ0v) is 11.0. The quantitative estimate of drug-likeness (QED) is 0.899. The smallest absolute Gasteiger partial charge is 0.147 e. The fraction of sp³-hybridized carbons (Fsp3) is 0.667. The Morgan fingerprint density at radius 2 is 2.50 bits per heavy atom. The molecule has 0 spiro atoms. The van der Waals surface area contributed by atoms with E-state index in [1.54, 1.807) is 6.26 Å². The lowest BCUT2D eigenvalue weighted by Gasteiger charge is -2.32. The van der Waals surface area contributed by atoms with E-state index in [9.17, 15) is 5.11 Å². The lowest BCUT2D eigenvalue weighted by atomic mass is 9.87. The first kappa shape index (κ1) is 12.1. The highest BCUT2D eigenvalue weighted by atomic mass is 79.9. The Labute approximate surface area is 104 Å². The van der Waals surface area contributed by atoms with Crippen LogP contribution in [0.4, 0.5) is 0 Å². The lowest BCUT2D eigenvalue weighted by Crippen LogP contribution is -2.42. The van der Waals surface area contributed by atoms with E-state index in [2.05, 4.69) is 28.2 Å². The maximum atomic E-state index is 10.2. The van der Waals surface area contributed by atoms with Gasteiger partial charge < -0.3 is 14.8 Å². The lowest BCUT2D eigenvalue weighted by molar-refractivity contribution is 0.0784. The van der Waals surface area contributed by atoms with E-state index in [1.165, 1.54) is 12.8 Å². The summed E-state index contributed by atoms with van der Waals surface area (Å²) in [6.45, 7) is 3.20. The molecule has 2 rings (SSSR count). The average Bonchev–Trinajstić information content (AvgIpc) is 2.74. The normalized spacial score (nSPS) is 27.9. The molecule has 3 nitrogen and oxygen atoms in total. The topological polar surface area (TPSA) is 45.4 Å². The SMILES string of the molecule is CCC1CCNC(C(O)c2occc2Br)C1. The number of hydrogen-bond acceptors (Lipinski definition) is 3. The van der Waals surface area contributed by atoms with Crippen molar-refractivity contribution in [3.8, 4) is 0 Å². The van der Waals surface area contributed by atoms with Gasteiger partial charge in [-0.2, -0.15) is 0 Å². The first-order valence-corrected chi connectivity index (χ1v) is 6.66. The minimum absolute atomic E-state index is 0.112. The highest BCUT2D eigenvalue weighted by molar-refractivity contribution is 9.10. The molecule has 1 saturated heterocycles. The predicted molar refractivity (Wildman–Crippen MR) is 66.2 cm³/mol. The Balaban J connectivity index is 2.04. The number of piperidine rings is 1. The molecule has 1 aromatic heterocycles. The molecule has 16 heavy (non-hydrogen) atoms. The van der Waals surface area contributed by atoms with Gasteiger partial charge in [0.1, 0.15) is 11.9 Å². The summed E-state index contributed by atoms with van der Waals surface area (Å²) in [7, 11) is 0. The van der Waals surface area contributed by atoms with Crippen molar-refractivity contribution in [1.29, 1.82) is 0 Å². The molecule has 1 aliphatic rings. The van der Waals surface area contributed by atoms with Crippen molar-refractivity contribution in [1.82, 2.24) is 5.32 Å². The van der Waals surface area contributed by atoms with Crippen LogP contribution in [0, 0.1) is 5.92 Å². The third-order valence-electron chi connectivity index (χ3n) is 3.42. The van der Waals surface area contributed by atoms with Crippen molar-refractivity contribution in [3.05, 3.63) is 22.6 Å². The number of rotatable bonds is 3. The van der Waals surface area contributed by atoms with Crippen LogP contribution in [-0.2, 0) is 0 Å². The van der Waals surface area contributed by atoms with Crippen molar-refractivity contribution in [3.63, 3.8) is 0 Å². The molecule has 0 amide bonds. The molecule has 0 saturated carbocycles. The molecule has 0 bridgehead atoms. The van der Waals surface area contributed by atoms with E-state index in [4.69, 9.17) is 4.42 Å². The van der Waals surface area contributed by atoms with Gasteiger partial charge >= 0.3 is 0 Å². The molecular weight excluding hydrogens is 270 g/mol. The molecule has 90 valence electrons. The molecule has 3 atom stereocenters. The molecule has 2 heterocycles. The molecule has 4 heteroatoms. The van der Waals surface area contributed by atoms with E-state index in [1.807, 2.05) is 6.07 Å². The zero-order chi connectivity index (χ0) is 11.5. The highest BCUT2D eigenvalue weighted by Gasteiger charge is 2.29. The first-order valence-electron chi connectivity index (χ1n) is 5.86. The van der Waals surface area contributed by atoms with E-state index >= 15 is 0 Å². The molecule has 0 aromatic carbocycles. The van der Waals surface area contributed by atoms with Gasteiger partial charge in [-0.05, 0) is 47.3 Å². The van der Waals surface area contributed by atoms with Crippen LogP contribution in [0.2, 0.25) is 0 Å². The molecule has 0 aliphatic carbocycles. The second-order valence-electron chi connectivity index (χ2n) is 4.44. The summed E-state index contributed by atoms with van der Waals surface area (Å²) in [5.74, 6) is 1.35. The minimum atomic E-state index is -0.557. The van der Waals surface area contributed by atoms with Crippen molar-refractivity contribution >= 4 is 15.9 Å². The number of nitrogens with one attached hydrogen (secondary N) is 1. The van der Waals surface area contributed by atoms with Crippen LogP contribution in [0.3, 0.4) is 0 Å². The Morgan fingerprint density at radius 3 is 3.12 bits per heavy atom. The maximum absolute atomic E-state index is 10.2. The third kappa shape index (κ3) is 2.50. The number of halogens is 1. The zero-order valence-electron chi connectivity index (χ0n) is 9.45. The fourth-order valence-corrected chi connectivity index (χ4v) is 2.78. The van der Waals surface area contributed by atoms with E-state index < -0.39 is 6.10 Å². The summed E-state index contributed by atoms with van der Waals surface area (Å²) in [6, 6.07) is 1.93. The van der Waals surface area contributed by atoms with Gasteiger partial charge in [-0.1, -0.05) is 13.3 Å². The molecule has 3 unspecified atom stereocenters. The highest BCUT2D eigenvalue weighted by Crippen LogP contribution is 2.31. The number of furan rings is 1. The first-order chi connectivity index (χ1) is 7.72. The number of hydrogen-bond donors (Lipinski definition) is 2. The van der Waals surface area contributed by atoms with Crippen molar-refractivity contribution < 1.29 is 9.52 Å². The summed E-state index contributed by atoms with van der Waals surface area (Å²) in [5.41, 5.74) is 0. The van der Waals surface area contributed by atoms with Crippen LogP contribution >= 0.6 is 15.9 Å². The largest absolute Gasteiger partial charge is 0.465 e. The fourth-order valence-electron chi connectivity index (χ4n) is 2.34.